The first-order valence-corrected chi connectivity index (χ1v) is 9.63. The zero-order chi connectivity index (χ0) is 20.2. The van der Waals surface area contributed by atoms with Crippen molar-refractivity contribution in [1.29, 1.82) is 0 Å². The largest absolute Gasteiger partial charge is 0.495 e. The third-order valence-electron chi connectivity index (χ3n) is 5.25. The number of pyridine rings is 1. The summed E-state index contributed by atoms with van der Waals surface area (Å²) < 4.78 is 5.45. The minimum atomic E-state index is -0.358. The van der Waals surface area contributed by atoms with Gasteiger partial charge in [0.1, 0.15) is 11.3 Å². The molecule has 6 heteroatoms. The summed E-state index contributed by atoms with van der Waals surface area (Å²) in [5, 5.41) is 0. The molecule has 1 aliphatic heterocycles. The number of nitrogens with zero attached hydrogens (tertiary/aromatic N) is 2. The van der Waals surface area contributed by atoms with Gasteiger partial charge in [-0.05, 0) is 23.8 Å². The second-order valence-corrected chi connectivity index (χ2v) is 6.91. The zero-order valence-electron chi connectivity index (χ0n) is 16.3. The normalized spacial score (nSPS) is 14.0. The van der Waals surface area contributed by atoms with Crippen molar-refractivity contribution in [2.24, 2.45) is 0 Å². The number of anilines is 1. The number of hydrogen-bond acceptors (Lipinski definition) is 4. The summed E-state index contributed by atoms with van der Waals surface area (Å²) in [5.41, 5.74) is 2.37. The van der Waals surface area contributed by atoms with Gasteiger partial charge in [0.25, 0.3) is 11.5 Å². The first-order chi connectivity index (χ1) is 14.2. The molecular weight excluding hydrogens is 366 g/mol. The van der Waals surface area contributed by atoms with E-state index < -0.39 is 0 Å². The number of nitrogens with one attached hydrogen (secondary N) is 1. The van der Waals surface area contributed by atoms with E-state index in [-0.39, 0.29) is 17.0 Å². The van der Waals surface area contributed by atoms with E-state index in [0.29, 0.717) is 31.7 Å². The second-order valence-electron chi connectivity index (χ2n) is 6.91. The second kappa shape index (κ2) is 8.22. The highest BCUT2D eigenvalue weighted by molar-refractivity contribution is 6.00. The number of piperazine rings is 1. The molecule has 29 heavy (non-hydrogen) atoms. The Labute approximate surface area is 169 Å². The number of rotatable bonds is 4. The summed E-state index contributed by atoms with van der Waals surface area (Å²) in [6.45, 7) is 2.44. The van der Waals surface area contributed by atoms with E-state index in [1.165, 1.54) is 0 Å². The quantitative estimate of drug-likeness (QED) is 0.745. The molecule has 0 aliphatic carbocycles. The van der Waals surface area contributed by atoms with E-state index in [4.69, 9.17) is 4.74 Å². The van der Waals surface area contributed by atoms with Gasteiger partial charge in [-0.3, -0.25) is 9.59 Å². The van der Waals surface area contributed by atoms with Crippen molar-refractivity contribution in [3.8, 4) is 16.9 Å². The first kappa shape index (κ1) is 18.8. The summed E-state index contributed by atoms with van der Waals surface area (Å²) >= 11 is 0. The Balaban J connectivity index is 1.56. The van der Waals surface area contributed by atoms with Crippen LogP contribution in [0.15, 0.2) is 71.7 Å². The maximum Gasteiger partial charge on any atom is 0.261 e. The lowest BCUT2D eigenvalue weighted by molar-refractivity contribution is 0.0745. The lowest BCUT2D eigenvalue weighted by atomic mass is 10.0. The highest BCUT2D eigenvalue weighted by Gasteiger charge is 2.27. The molecule has 2 aromatic carbocycles. The number of ether oxygens (including phenoxy) is 1. The molecule has 0 bridgehead atoms. The van der Waals surface area contributed by atoms with Crippen molar-refractivity contribution in [2.75, 3.05) is 38.2 Å². The van der Waals surface area contributed by atoms with Crippen LogP contribution in [0.2, 0.25) is 0 Å². The lowest BCUT2D eigenvalue weighted by Gasteiger charge is -2.36. The summed E-state index contributed by atoms with van der Waals surface area (Å²) in [4.78, 5) is 32.4. The van der Waals surface area contributed by atoms with Crippen molar-refractivity contribution in [3.05, 3.63) is 82.8 Å². The van der Waals surface area contributed by atoms with E-state index in [1.54, 1.807) is 24.3 Å². The van der Waals surface area contributed by atoms with Crippen molar-refractivity contribution >= 4 is 11.6 Å². The lowest BCUT2D eigenvalue weighted by Crippen LogP contribution is -2.49. The number of carbonyl (C=O) groups is 1. The Hall–Kier alpha value is -3.54. The molecule has 0 atom stereocenters. The molecule has 1 fully saturated rings. The Morgan fingerprint density at radius 2 is 1.62 bits per heavy atom. The van der Waals surface area contributed by atoms with E-state index in [0.717, 1.165) is 17.0 Å². The molecule has 1 saturated heterocycles. The van der Waals surface area contributed by atoms with Gasteiger partial charge in [-0.15, -0.1) is 0 Å². The fraction of sp³-hybridized carbons (Fsp3) is 0.217. The van der Waals surface area contributed by atoms with Gasteiger partial charge >= 0.3 is 0 Å². The highest BCUT2D eigenvalue weighted by atomic mass is 16.5. The molecule has 0 saturated carbocycles. The number of benzene rings is 2. The summed E-state index contributed by atoms with van der Waals surface area (Å²) in [6.07, 6.45) is 1.58. The van der Waals surface area contributed by atoms with Crippen LogP contribution in [0.3, 0.4) is 0 Å². The molecule has 148 valence electrons. The van der Waals surface area contributed by atoms with Gasteiger partial charge in [0.15, 0.2) is 0 Å². The van der Waals surface area contributed by atoms with Gasteiger partial charge in [-0.25, -0.2) is 0 Å². The molecule has 2 heterocycles. The molecule has 4 rings (SSSR count). The van der Waals surface area contributed by atoms with E-state index >= 15 is 0 Å². The predicted molar refractivity (Wildman–Crippen MR) is 114 cm³/mol. The van der Waals surface area contributed by atoms with Crippen LogP contribution in [0.4, 0.5) is 5.69 Å². The summed E-state index contributed by atoms with van der Waals surface area (Å²) in [6, 6.07) is 19.2. The van der Waals surface area contributed by atoms with Crippen LogP contribution in [0.25, 0.3) is 11.1 Å². The maximum absolute atomic E-state index is 13.2. The molecule has 1 N–H and O–H groups in total. The molecule has 1 aliphatic rings. The molecule has 0 spiro atoms. The first-order valence-electron chi connectivity index (χ1n) is 9.63. The average molecular weight is 389 g/mol. The van der Waals surface area contributed by atoms with E-state index in [2.05, 4.69) is 9.88 Å². The maximum atomic E-state index is 13.2. The van der Waals surface area contributed by atoms with Gasteiger partial charge in [-0.1, -0.05) is 42.5 Å². The van der Waals surface area contributed by atoms with Crippen LogP contribution in [-0.4, -0.2) is 49.1 Å². The Morgan fingerprint density at radius 1 is 0.931 bits per heavy atom. The fourth-order valence-corrected chi connectivity index (χ4v) is 3.75. The van der Waals surface area contributed by atoms with Gasteiger partial charge in [0.05, 0.1) is 12.8 Å². The molecule has 3 aromatic rings. The summed E-state index contributed by atoms with van der Waals surface area (Å²) in [7, 11) is 1.66. The van der Waals surface area contributed by atoms with Crippen LogP contribution in [0.5, 0.6) is 5.75 Å². The van der Waals surface area contributed by atoms with E-state index in [9.17, 15) is 9.59 Å². The Kier molecular flexibility index (Phi) is 5.33. The third kappa shape index (κ3) is 3.74. The number of hydrogen-bond donors (Lipinski definition) is 1. The Bertz CT molecular complexity index is 1050. The molecular formula is C23H23N3O3. The van der Waals surface area contributed by atoms with Crippen LogP contribution in [-0.2, 0) is 0 Å². The molecule has 0 unspecified atom stereocenters. The van der Waals surface area contributed by atoms with Gasteiger partial charge in [0, 0.05) is 37.9 Å². The molecule has 0 radical (unpaired) electrons. The number of H-pyrrole nitrogens is 1. The monoisotopic (exact) mass is 389 g/mol. The van der Waals surface area contributed by atoms with Crippen molar-refractivity contribution in [3.63, 3.8) is 0 Å². The van der Waals surface area contributed by atoms with Crippen LogP contribution >= 0.6 is 0 Å². The van der Waals surface area contributed by atoms with Crippen molar-refractivity contribution in [1.82, 2.24) is 9.88 Å². The number of aromatic amines is 1. The van der Waals surface area contributed by atoms with Crippen molar-refractivity contribution < 1.29 is 9.53 Å². The summed E-state index contributed by atoms with van der Waals surface area (Å²) in [5.74, 6) is 0.587. The number of aromatic nitrogens is 1. The molecule has 1 aromatic heterocycles. The van der Waals surface area contributed by atoms with Crippen LogP contribution < -0.4 is 15.2 Å². The SMILES string of the molecule is COc1ccccc1N1CCN(C(=O)c2c(-c3ccccc3)cc[nH]c2=O)CC1. The van der Waals surface area contributed by atoms with Crippen LogP contribution in [0, 0.1) is 0 Å². The molecule has 1 amide bonds. The van der Waals surface area contributed by atoms with Gasteiger partial charge < -0.3 is 19.5 Å². The topological polar surface area (TPSA) is 65.6 Å². The molecule has 6 nitrogen and oxygen atoms in total. The zero-order valence-corrected chi connectivity index (χ0v) is 16.3. The Morgan fingerprint density at radius 3 is 2.34 bits per heavy atom. The van der Waals surface area contributed by atoms with Gasteiger partial charge in [0.2, 0.25) is 0 Å². The number of carbonyl (C=O) groups excluding carboxylic acids is 1. The average Bonchev–Trinajstić information content (AvgIpc) is 2.79. The van der Waals surface area contributed by atoms with Crippen molar-refractivity contribution in [2.45, 2.75) is 0 Å². The third-order valence-corrected chi connectivity index (χ3v) is 5.25. The van der Waals surface area contributed by atoms with Crippen LogP contribution in [0.1, 0.15) is 10.4 Å². The smallest absolute Gasteiger partial charge is 0.261 e. The van der Waals surface area contributed by atoms with Gasteiger partial charge in [-0.2, -0.15) is 0 Å². The standard InChI is InChI=1S/C23H23N3O3/c1-29-20-10-6-5-9-19(20)25-13-15-26(16-14-25)23(28)21-18(11-12-24-22(21)27)17-7-3-2-4-8-17/h2-12H,13-16H2,1H3,(H,24,27). The number of para-hydroxylation sites is 2. The number of methoxy groups -OCH3 is 1. The minimum absolute atomic E-state index is 0.199. The fourth-order valence-electron chi connectivity index (χ4n) is 3.75. The number of amides is 1. The predicted octanol–water partition coefficient (Wildman–Crippen LogP) is 3.01. The minimum Gasteiger partial charge on any atom is -0.495 e. The highest BCUT2D eigenvalue weighted by Crippen LogP contribution is 2.29. The van der Waals surface area contributed by atoms with E-state index in [1.807, 2.05) is 54.6 Å².